The number of carbonyl (C=O) groups is 1. The fourth-order valence-corrected chi connectivity index (χ4v) is 1.38. The first kappa shape index (κ1) is 13.4. The number of aryl methyl sites for hydroxylation is 1. The molecule has 92 valence electrons. The molecule has 0 spiro atoms. The molecule has 0 bridgehead atoms. The van der Waals surface area contributed by atoms with Crippen LogP contribution in [0.15, 0.2) is 31.1 Å². The molecule has 0 saturated carbocycles. The van der Waals surface area contributed by atoms with Crippen molar-refractivity contribution < 1.29 is 4.79 Å². The molecule has 17 heavy (non-hydrogen) atoms. The van der Waals surface area contributed by atoms with E-state index in [-0.39, 0.29) is 11.9 Å². The third-order valence-corrected chi connectivity index (χ3v) is 2.55. The smallest absolute Gasteiger partial charge is 0.237 e. The highest BCUT2D eigenvalue weighted by atomic mass is 16.2. The van der Waals surface area contributed by atoms with Crippen molar-refractivity contribution in [1.82, 2.24) is 15.6 Å². The van der Waals surface area contributed by atoms with Crippen molar-refractivity contribution in [3.8, 4) is 0 Å². The zero-order chi connectivity index (χ0) is 12.7. The average molecular weight is 233 g/mol. The van der Waals surface area contributed by atoms with Gasteiger partial charge in [0, 0.05) is 25.5 Å². The molecule has 4 nitrogen and oxygen atoms in total. The van der Waals surface area contributed by atoms with Crippen LogP contribution in [0.2, 0.25) is 0 Å². The standard InChI is InChI=1S/C13H19N3O/c1-4-6-15-13(17)11(3)16-9-12-5-7-14-8-10(12)2/h4-5,7-8,11,16H,1,6,9H2,2-3H3,(H,15,17). The first-order valence-electron chi connectivity index (χ1n) is 5.66. The Hall–Kier alpha value is -1.68. The van der Waals surface area contributed by atoms with Crippen molar-refractivity contribution in [2.75, 3.05) is 6.54 Å². The minimum atomic E-state index is -0.220. The molecule has 1 rings (SSSR count). The predicted molar refractivity (Wildman–Crippen MR) is 68.5 cm³/mol. The van der Waals surface area contributed by atoms with Gasteiger partial charge in [0.1, 0.15) is 0 Å². The Kier molecular flexibility index (Phi) is 5.36. The maximum atomic E-state index is 11.6. The second kappa shape index (κ2) is 6.81. The van der Waals surface area contributed by atoms with E-state index in [1.165, 1.54) is 0 Å². The first-order chi connectivity index (χ1) is 8.15. The van der Waals surface area contributed by atoms with E-state index in [0.717, 1.165) is 11.1 Å². The third kappa shape index (κ3) is 4.36. The monoisotopic (exact) mass is 233 g/mol. The summed E-state index contributed by atoms with van der Waals surface area (Å²) >= 11 is 0. The number of aromatic nitrogens is 1. The Morgan fingerprint density at radius 2 is 2.41 bits per heavy atom. The molecular weight excluding hydrogens is 214 g/mol. The summed E-state index contributed by atoms with van der Waals surface area (Å²) in [5.41, 5.74) is 2.28. The maximum absolute atomic E-state index is 11.6. The Morgan fingerprint density at radius 1 is 1.65 bits per heavy atom. The molecular formula is C13H19N3O. The highest BCUT2D eigenvalue weighted by Crippen LogP contribution is 2.04. The Balaban J connectivity index is 2.42. The summed E-state index contributed by atoms with van der Waals surface area (Å²) < 4.78 is 0. The van der Waals surface area contributed by atoms with Crippen molar-refractivity contribution in [2.24, 2.45) is 0 Å². The molecule has 1 unspecified atom stereocenters. The van der Waals surface area contributed by atoms with Gasteiger partial charge in [0.05, 0.1) is 6.04 Å². The van der Waals surface area contributed by atoms with E-state index in [1.807, 2.05) is 26.1 Å². The number of hydrogen-bond donors (Lipinski definition) is 2. The summed E-state index contributed by atoms with van der Waals surface area (Å²) in [6.07, 6.45) is 5.24. The third-order valence-electron chi connectivity index (χ3n) is 2.55. The number of nitrogens with zero attached hydrogens (tertiary/aromatic N) is 1. The van der Waals surface area contributed by atoms with Crippen molar-refractivity contribution in [2.45, 2.75) is 26.4 Å². The van der Waals surface area contributed by atoms with Crippen LogP contribution in [0.1, 0.15) is 18.1 Å². The minimum Gasteiger partial charge on any atom is -0.351 e. The molecule has 1 aromatic rings. The molecule has 0 aliphatic heterocycles. The van der Waals surface area contributed by atoms with E-state index in [2.05, 4.69) is 22.2 Å². The average Bonchev–Trinajstić information content (AvgIpc) is 2.34. The van der Waals surface area contributed by atoms with Gasteiger partial charge in [-0.1, -0.05) is 6.08 Å². The van der Waals surface area contributed by atoms with Crippen LogP contribution in [-0.4, -0.2) is 23.5 Å². The first-order valence-corrected chi connectivity index (χ1v) is 5.66. The van der Waals surface area contributed by atoms with Crippen LogP contribution < -0.4 is 10.6 Å². The normalized spacial score (nSPS) is 11.9. The number of rotatable bonds is 6. The largest absolute Gasteiger partial charge is 0.351 e. The molecule has 0 aliphatic rings. The van der Waals surface area contributed by atoms with Crippen LogP contribution in [-0.2, 0) is 11.3 Å². The molecule has 0 fully saturated rings. The fraction of sp³-hybridized carbons (Fsp3) is 0.385. The number of amides is 1. The zero-order valence-corrected chi connectivity index (χ0v) is 10.4. The summed E-state index contributed by atoms with van der Waals surface area (Å²) in [4.78, 5) is 15.6. The van der Waals surface area contributed by atoms with Gasteiger partial charge in [-0.05, 0) is 31.0 Å². The van der Waals surface area contributed by atoms with Crippen LogP contribution in [0, 0.1) is 6.92 Å². The Morgan fingerprint density at radius 3 is 3.06 bits per heavy atom. The van der Waals surface area contributed by atoms with Crippen LogP contribution in [0.25, 0.3) is 0 Å². The fourth-order valence-electron chi connectivity index (χ4n) is 1.38. The Labute approximate surface area is 102 Å². The number of hydrogen-bond acceptors (Lipinski definition) is 3. The van der Waals surface area contributed by atoms with Crippen molar-refractivity contribution in [3.05, 3.63) is 42.2 Å². The zero-order valence-electron chi connectivity index (χ0n) is 10.4. The summed E-state index contributed by atoms with van der Waals surface area (Å²) in [7, 11) is 0. The molecule has 0 saturated heterocycles. The lowest BCUT2D eigenvalue weighted by atomic mass is 10.1. The van der Waals surface area contributed by atoms with Gasteiger partial charge in [-0.25, -0.2) is 0 Å². The molecule has 1 heterocycles. The molecule has 0 aliphatic carbocycles. The summed E-state index contributed by atoms with van der Waals surface area (Å²) in [5, 5.41) is 5.93. The van der Waals surface area contributed by atoms with E-state index in [9.17, 15) is 4.79 Å². The van der Waals surface area contributed by atoms with Gasteiger partial charge in [0.15, 0.2) is 0 Å². The molecule has 0 aromatic carbocycles. The topological polar surface area (TPSA) is 54.0 Å². The van der Waals surface area contributed by atoms with E-state index < -0.39 is 0 Å². The quantitative estimate of drug-likeness (QED) is 0.725. The lowest BCUT2D eigenvalue weighted by Gasteiger charge is -2.14. The predicted octanol–water partition coefficient (Wildman–Crippen LogP) is 1.17. The van der Waals surface area contributed by atoms with Gasteiger partial charge in [0.2, 0.25) is 5.91 Å². The van der Waals surface area contributed by atoms with E-state index in [1.54, 1.807) is 12.3 Å². The van der Waals surface area contributed by atoms with Crippen molar-refractivity contribution in [1.29, 1.82) is 0 Å². The molecule has 0 radical (unpaired) electrons. The van der Waals surface area contributed by atoms with Gasteiger partial charge >= 0.3 is 0 Å². The van der Waals surface area contributed by atoms with E-state index >= 15 is 0 Å². The van der Waals surface area contributed by atoms with Gasteiger partial charge in [-0.2, -0.15) is 0 Å². The van der Waals surface area contributed by atoms with Crippen LogP contribution >= 0.6 is 0 Å². The van der Waals surface area contributed by atoms with Crippen LogP contribution in [0.4, 0.5) is 0 Å². The maximum Gasteiger partial charge on any atom is 0.237 e. The highest BCUT2D eigenvalue weighted by Gasteiger charge is 2.10. The second-order valence-corrected chi connectivity index (χ2v) is 3.94. The lowest BCUT2D eigenvalue weighted by Crippen LogP contribution is -2.41. The van der Waals surface area contributed by atoms with Gasteiger partial charge in [-0.15, -0.1) is 6.58 Å². The van der Waals surface area contributed by atoms with Gasteiger partial charge < -0.3 is 10.6 Å². The van der Waals surface area contributed by atoms with Crippen LogP contribution in [0.5, 0.6) is 0 Å². The molecule has 4 heteroatoms. The SMILES string of the molecule is C=CCNC(=O)C(C)NCc1ccncc1C. The molecule has 1 amide bonds. The number of carbonyl (C=O) groups excluding carboxylic acids is 1. The minimum absolute atomic E-state index is 0.0170. The lowest BCUT2D eigenvalue weighted by molar-refractivity contribution is -0.122. The van der Waals surface area contributed by atoms with Crippen molar-refractivity contribution >= 4 is 5.91 Å². The number of pyridine rings is 1. The summed E-state index contributed by atoms with van der Waals surface area (Å²) in [6, 6.07) is 1.74. The number of nitrogens with one attached hydrogen (secondary N) is 2. The second-order valence-electron chi connectivity index (χ2n) is 3.94. The van der Waals surface area contributed by atoms with Crippen molar-refractivity contribution in [3.63, 3.8) is 0 Å². The molecule has 2 N–H and O–H groups in total. The van der Waals surface area contributed by atoms with Gasteiger partial charge in [-0.3, -0.25) is 9.78 Å². The van der Waals surface area contributed by atoms with Gasteiger partial charge in [0.25, 0.3) is 0 Å². The summed E-state index contributed by atoms with van der Waals surface area (Å²) in [5.74, 6) is -0.0170. The van der Waals surface area contributed by atoms with E-state index in [4.69, 9.17) is 0 Å². The summed E-state index contributed by atoms with van der Waals surface area (Å²) in [6.45, 7) is 8.57. The molecule has 1 atom stereocenters. The van der Waals surface area contributed by atoms with Crippen LogP contribution in [0.3, 0.4) is 0 Å². The molecule has 1 aromatic heterocycles. The Bertz CT molecular complexity index is 390. The highest BCUT2D eigenvalue weighted by molar-refractivity contribution is 5.81. The van der Waals surface area contributed by atoms with E-state index in [0.29, 0.717) is 13.1 Å².